The molecule has 1 atom stereocenters. The van der Waals surface area contributed by atoms with Crippen LogP contribution in [-0.2, 0) is 24.9 Å². The third kappa shape index (κ3) is 5.88. The van der Waals surface area contributed by atoms with E-state index >= 15 is 0 Å². The van der Waals surface area contributed by atoms with Crippen molar-refractivity contribution in [3.05, 3.63) is 95.3 Å². The fourth-order valence-electron chi connectivity index (χ4n) is 3.65. The Balaban J connectivity index is 1.84. The molecule has 0 aliphatic rings. The summed E-state index contributed by atoms with van der Waals surface area (Å²) in [7, 11) is 1.98. The zero-order valence-electron chi connectivity index (χ0n) is 19.5. The minimum Gasteiger partial charge on any atom is -0.353 e. The molecule has 2 amide bonds. The molecule has 0 aliphatic heterocycles. The highest BCUT2D eigenvalue weighted by atomic mass is 16.2. The van der Waals surface area contributed by atoms with Gasteiger partial charge in [0.05, 0.1) is 6.54 Å². The molecule has 0 fully saturated rings. The first-order valence-corrected chi connectivity index (χ1v) is 11.2. The first-order chi connectivity index (χ1) is 15.4. The summed E-state index contributed by atoms with van der Waals surface area (Å²) in [4.78, 5) is 30.4. The number of hydrogen-bond donors (Lipinski definition) is 0. The van der Waals surface area contributed by atoms with Crippen LogP contribution in [-0.4, -0.2) is 38.8 Å². The topological polar surface area (TPSA) is 45.6 Å². The van der Waals surface area contributed by atoms with Crippen molar-refractivity contribution >= 4 is 11.8 Å². The lowest BCUT2D eigenvalue weighted by Gasteiger charge is -2.31. The van der Waals surface area contributed by atoms with Crippen molar-refractivity contribution in [1.29, 1.82) is 0 Å². The third-order valence-electron chi connectivity index (χ3n) is 5.96. The van der Waals surface area contributed by atoms with Crippen LogP contribution in [0.25, 0.3) is 0 Å². The average molecular weight is 432 g/mol. The average Bonchev–Trinajstić information content (AvgIpc) is 3.21. The van der Waals surface area contributed by atoms with E-state index in [4.69, 9.17) is 0 Å². The Bertz CT molecular complexity index is 1020. The fraction of sp³-hybridized carbons (Fsp3) is 0.333. The number of aryl methyl sites for hydroxylation is 2. The molecular formula is C27H33N3O2. The molecule has 1 aromatic heterocycles. The number of carbonyl (C=O) groups excluding carboxylic acids is 2. The monoisotopic (exact) mass is 431 g/mol. The Morgan fingerprint density at radius 1 is 0.938 bits per heavy atom. The summed E-state index contributed by atoms with van der Waals surface area (Å²) in [6.07, 6.45) is 2.76. The minimum absolute atomic E-state index is 0.0404. The van der Waals surface area contributed by atoms with Crippen LogP contribution in [0.3, 0.4) is 0 Å². The molecule has 2 aromatic carbocycles. The van der Waals surface area contributed by atoms with Crippen LogP contribution >= 0.6 is 0 Å². The zero-order chi connectivity index (χ0) is 23.1. The number of aromatic nitrogens is 1. The van der Waals surface area contributed by atoms with Gasteiger partial charge in [0.15, 0.2) is 0 Å². The Morgan fingerprint density at radius 2 is 1.62 bits per heavy atom. The number of carbonyl (C=O) groups is 2. The maximum absolute atomic E-state index is 13.5. The van der Waals surface area contributed by atoms with Crippen LogP contribution in [0.5, 0.6) is 0 Å². The lowest BCUT2D eigenvalue weighted by atomic mass is 10.1. The van der Waals surface area contributed by atoms with E-state index < -0.39 is 0 Å². The molecule has 168 valence electrons. The summed E-state index contributed by atoms with van der Waals surface area (Å²) >= 11 is 0. The van der Waals surface area contributed by atoms with Crippen LogP contribution in [0.15, 0.2) is 72.9 Å². The van der Waals surface area contributed by atoms with E-state index in [-0.39, 0.29) is 24.4 Å². The lowest BCUT2D eigenvalue weighted by Crippen LogP contribution is -2.46. The SMILES string of the molecule is CC[C@H](C)N(CC(=O)N(Cc1ccccc1)Cc1cccn1C)C(=O)c1ccc(C)cc1. The quantitative estimate of drug-likeness (QED) is 0.488. The van der Waals surface area contributed by atoms with Gasteiger partial charge in [-0.05, 0) is 50.1 Å². The van der Waals surface area contributed by atoms with Gasteiger partial charge in [0.1, 0.15) is 6.54 Å². The van der Waals surface area contributed by atoms with E-state index in [1.54, 1.807) is 4.90 Å². The lowest BCUT2D eigenvalue weighted by molar-refractivity contribution is -0.133. The third-order valence-corrected chi connectivity index (χ3v) is 5.96. The predicted molar refractivity (Wildman–Crippen MR) is 128 cm³/mol. The van der Waals surface area contributed by atoms with Gasteiger partial charge in [0.25, 0.3) is 5.91 Å². The second kappa shape index (κ2) is 10.8. The maximum atomic E-state index is 13.5. The number of amides is 2. The summed E-state index contributed by atoms with van der Waals surface area (Å²) in [5.41, 5.74) is 3.83. The van der Waals surface area contributed by atoms with Crippen molar-refractivity contribution in [3.63, 3.8) is 0 Å². The van der Waals surface area contributed by atoms with Gasteiger partial charge in [0, 0.05) is 37.1 Å². The minimum atomic E-state index is -0.105. The first kappa shape index (κ1) is 23.3. The van der Waals surface area contributed by atoms with Crippen molar-refractivity contribution in [2.45, 2.75) is 46.3 Å². The van der Waals surface area contributed by atoms with Gasteiger partial charge in [-0.15, -0.1) is 0 Å². The molecule has 5 nitrogen and oxygen atoms in total. The Hall–Kier alpha value is -3.34. The normalized spacial score (nSPS) is 11.8. The molecule has 0 aliphatic carbocycles. The van der Waals surface area contributed by atoms with Crippen LogP contribution in [0, 0.1) is 6.92 Å². The highest BCUT2D eigenvalue weighted by Gasteiger charge is 2.26. The van der Waals surface area contributed by atoms with E-state index in [1.165, 1.54) is 0 Å². The van der Waals surface area contributed by atoms with Crippen molar-refractivity contribution in [3.8, 4) is 0 Å². The fourth-order valence-corrected chi connectivity index (χ4v) is 3.65. The van der Waals surface area contributed by atoms with Crippen molar-refractivity contribution < 1.29 is 9.59 Å². The summed E-state index contributed by atoms with van der Waals surface area (Å²) in [5, 5.41) is 0. The summed E-state index contributed by atoms with van der Waals surface area (Å²) in [5.74, 6) is -0.165. The molecule has 0 spiro atoms. The largest absolute Gasteiger partial charge is 0.353 e. The Labute approximate surface area is 191 Å². The Morgan fingerprint density at radius 3 is 2.22 bits per heavy atom. The highest BCUT2D eigenvalue weighted by Crippen LogP contribution is 2.15. The second-order valence-electron chi connectivity index (χ2n) is 8.40. The summed E-state index contributed by atoms with van der Waals surface area (Å²) < 4.78 is 2.02. The molecule has 5 heteroatoms. The molecule has 0 saturated carbocycles. The van der Waals surface area contributed by atoms with E-state index in [2.05, 4.69) is 0 Å². The molecule has 0 unspecified atom stereocenters. The van der Waals surface area contributed by atoms with Gasteiger partial charge in [-0.25, -0.2) is 0 Å². The standard InChI is InChI=1S/C27H33N3O2/c1-5-22(3)30(27(32)24-15-13-21(2)14-16-24)20-26(31)29(18-23-10-7-6-8-11-23)19-25-12-9-17-28(25)4/h6-17,22H,5,18-20H2,1-4H3/t22-/m0/s1. The Kier molecular flexibility index (Phi) is 7.87. The molecule has 0 radical (unpaired) electrons. The second-order valence-corrected chi connectivity index (χ2v) is 8.40. The van der Waals surface area contributed by atoms with Crippen molar-refractivity contribution in [2.75, 3.05) is 6.54 Å². The van der Waals surface area contributed by atoms with Crippen molar-refractivity contribution in [2.24, 2.45) is 7.05 Å². The number of benzene rings is 2. The van der Waals surface area contributed by atoms with Gasteiger partial charge in [-0.3, -0.25) is 9.59 Å². The number of hydrogen-bond acceptors (Lipinski definition) is 2. The molecule has 0 bridgehead atoms. The van der Waals surface area contributed by atoms with Crippen LogP contribution in [0.2, 0.25) is 0 Å². The molecule has 0 saturated heterocycles. The molecule has 1 heterocycles. The summed E-state index contributed by atoms with van der Waals surface area (Å²) in [6.45, 7) is 7.07. The predicted octanol–water partition coefficient (Wildman–Crippen LogP) is 4.80. The smallest absolute Gasteiger partial charge is 0.254 e. The van der Waals surface area contributed by atoms with Gasteiger partial charge in [-0.1, -0.05) is 55.0 Å². The van der Waals surface area contributed by atoms with Gasteiger partial charge in [0.2, 0.25) is 5.91 Å². The van der Waals surface area contributed by atoms with Crippen LogP contribution < -0.4 is 0 Å². The first-order valence-electron chi connectivity index (χ1n) is 11.2. The van der Waals surface area contributed by atoms with E-state index in [1.807, 2.05) is 110 Å². The van der Waals surface area contributed by atoms with E-state index in [9.17, 15) is 9.59 Å². The summed E-state index contributed by atoms with van der Waals surface area (Å²) in [6, 6.07) is 21.5. The van der Waals surface area contributed by atoms with Crippen LogP contribution in [0.1, 0.15) is 47.4 Å². The van der Waals surface area contributed by atoms with Crippen molar-refractivity contribution in [1.82, 2.24) is 14.4 Å². The molecular weight excluding hydrogens is 398 g/mol. The zero-order valence-corrected chi connectivity index (χ0v) is 19.5. The number of rotatable bonds is 9. The van der Waals surface area contributed by atoms with Gasteiger partial charge in [-0.2, -0.15) is 0 Å². The maximum Gasteiger partial charge on any atom is 0.254 e. The molecule has 32 heavy (non-hydrogen) atoms. The number of nitrogens with zero attached hydrogens (tertiary/aromatic N) is 3. The van der Waals surface area contributed by atoms with Crippen LogP contribution in [0.4, 0.5) is 0 Å². The highest BCUT2D eigenvalue weighted by molar-refractivity contribution is 5.96. The van der Waals surface area contributed by atoms with E-state index in [0.29, 0.717) is 18.7 Å². The molecule has 3 aromatic rings. The molecule has 0 N–H and O–H groups in total. The molecule has 3 rings (SSSR count). The van der Waals surface area contributed by atoms with Gasteiger partial charge < -0.3 is 14.4 Å². The van der Waals surface area contributed by atoms with Gasteiger partial charge >= 0.3 is 0 Å². The van der Waals surface area contributed by atoms with E-state index in [0.717, 1.165) is 23.2 Å².